The van der Waals surface area contributed by atoms with Crippen LogP contribution in [0.25, 0.3) is 16.7 Å². The van der Waals surface area contributed by atoms with Crippen LogP contribution in [0, 0.1) is 0 Å². The number of carbonyl (C=O) groups excluding carboxylic acids is 1. The van der Waals surface area contributed by atoms with Gasteiger partial charge in [-0.3, -0.25) is 4.79 Å². The zero-order chi connectivity index (χ0) is 18.8. The third-order valence-electron chi connectivity index (χ3n) is 3.93. The number of aromatic nitrogens is 1. The maximum Gasteiger partial charge on any atom is 0.307 e. The second-order valence-electron chi connectivity index (χ2n) is 5.77. The Hall–Kier alpha value is -2.64. The van der Waals surface area contributed by atoms with Crippen molar-refractivity contribution in [3.8, 4) is 5.69 Å². The number of rotatable bonds is 4. The molecular formula is C20H13Br2N3O2. The van der Waals surface area contributed by atoms with Gasteiger partial charge >= 0.3 is 5.91 Å². The molecule has 0 unspecified atom stereocenters. The number of nitrogens with zero attached hydrogens (tertiary/aromatic N) is 2. The van der Waals surface area contributed by atoms with Crippen LogP contribution in [0.5, 0.6) is 0 Å². The fraction of sp³-hybridized carbons (Fsp3) is 0. The van der Waals surface area contributed by atoms with E-state index < -0.39 is 5.91 Å². The summed E-state index contributed by atoms with van der Waals surface area (Å²) >= 11 is 6.87. The normalized spacial score (nSPS) is 11.3. The van der Waals surface area contributed by atoms with Gasteiger partial charge in [0.15, 0.2) is 5.76 Å². The number of benzene rings is 2. The third-order valence-corrected chi connectivity index (χ3v) is 4.92. The molecule has 2 heterocycles. The summed E-state index contributed by atoms with van der Waals surface area (Å²) in [7, 11) is 0. The van der Waals surface area contributed by atoms with Crippen molar-refractivity contribution in [1.29, 1.82) is 0 Å². The van der Waals surface area contributed by atoms with E-state index in [0.29, 0.717) is 5.58 Å². The molecule has 1 N–H and O–H groups in total. The lowest BCUT2D eigenvalue weighted by Crippen LogP contribution is -2.17. The molecule has 5 nitrogen and oxygen atoms in total. The van der Waals surface area contributed by atoms with Crippen molar-refractivity contribution in [3.63, 3.8) is 0 Å². The highest BCUT2D eigenvalue weighted by Gasteiger charge is 2.11. The summed E-state index contributed by atoms with van der Waals surface area (Å²) in [5.74, 6) is -0.193. The first-order chi connectivity index (χ1) is 13.1. The molecule has 0 aliphatic heterocycles. The van der Waals surface area contributed by atoms with Crippen LogP contribution in [-0.4, -0.2) is 16.7 Å². The number of hydrogen-bond donors (Lipinski definition) is 1. The maximum atomic E-state index is 12.3. The minimum atomic E-state index is -0.404. The Morgan fingerprint density at radius 1 is 1.04 bits per heavy atom. The SMILES string of the molecule is O=C(N/N=C/c1cccn1-c1cccc(Br)c1)c1cc2cc(Br)ccc2o1. The van der Waals surface area contributed by atoms with Crippen molar-refractivity contribution in [3.05, 3.63) is 87.3 Å². The van der Waals surface area contributed by atoms with Crippen LogP contribution in [0.2, 0.25) is 0 Å². The van der Waals surface area contributed by atoms with Gasteiger partial charge in [0, 0.05) is 26.2 Å². The van der Waals surface area contributed by atoms with E-state index in [1.165, 1.54) is 0 Å². The zero-order valence-electron chi connectivity index (χ0n) is 13.9. The van der Waals surface area contributed by atoms with Crippen molar-refractivity contribution < 1.29 is 9.21 Å². The van der Waals surface area contributed by atoms with Gasteiger partial charge in [0.1, 0.15) is 5.58 Å². The summed E-state index contributed by atoms with van der Waals surface area (Å²) in [6.45, 7) is 0. The van der Waals surface area contributed by atoms with Crippen LogP contribution in [-0.2, 0) is 0 Å². The Morgan fingerprint density at radius 2 is 1.89 bits per heavy atom. The number of furan rings is 1. The Balaban J connectivity index is 1.51. The molecule has 2 aromatic heterocycles. The minimum Gasteiger partial charge on any atom is -0.451 e. The van der Waals surface area contributed by atoms with Gasteiger partial charge in [0.2, 0.25) is 0 Å². The highest BCUT2D eigenvalue weighted by Crippen LogP contribution is 2.23. The highest BCUT2D eigenvalue weighted by atomic mass is 79.9. The topological polar surface area (TPSA) is 59.5 Å². The Kier molecular flexibility index (Phi) is 4.96. The maximum absolute atomic E-state index is 12.3. The van der Waals surface area contributed by atoms with Crippen molar-refractivity contribution in [2.24, 2.45) is 5.10 Å². The number of hydrogen-bond acceptors (Lipinski definition) is 3. The van der Waals surface area contributed by atoms with Crippen LogP contribution in [0.4, 0.5) is 0 Å². The summed E-state index contributed by atoms with van der Waals surface area (Å²) in [4.78, 5) is 12.3. The zero-order valence-corrected chi connectivity index (χ0v) is 17.1. The molecule has 0 bridgehead atoms. The molecule has 0 saturated heterocycles. The molecule has 0 aliphatic rings. The molecule has 4 rings (SSSR count). The van der Waals surface area contributed by atoms with E-state index >= 15 is 0 Å². The van der Waals surface area contributed by atoms with Gasteiger partial charge in [-0.1, -0.05) is 37.9 Å². The van der Waals surface area contributed by atoms with Gasteiger partial charge in [-0.15, -0.1) is 0 Å². The first-order valence-electron chi connectivity index (χ1n) is 8.06. The molecule has 0 aliphatic carbocycles. The van der Waals surface area contributed by atoms with Crippen LogP contribution < -0.4 is 5.43 Å². The molecule has 0 radical (unpaired) electrons. The van der Waals surface area contributed by atoms with E-state index in [1.54, 1.807) is 12.3 Å². The summed E-state index contributed by atoms with van der Waals surface area (Å²) < 4.78 is 9.45. The lowest BCUT2D eigenvalue weighted by atomic mass is 10.2. The number of carbonyl (C=O) groups is 1. The Labute approximate surface area is 171 Å². The van der Waals surface area contributed by atoms with Gasteiger partial charge in [0.25, 0.3) is 0 Å². The summed E-state index contributed by atoms with van der Waals surface area (Å²) in [5, 5.41) is 4.91. The van der Waals surface area contributed by atoms with Crippen LogP contribution in [0.15, 0.2) is 85.3 Å². The van der Waals surface area contributed by atoms with Crippen molar-refractivity contribution in [2.75, 3.05) is 0 Å². The molecule has 0 atom stereocenters. The second-order valence-corrected chi connectivity index (χ2v) is 7.61. The molecule has 1 amide bonds. The number of halogens is 2. The standard InChI is InChI=1S/C20H13Br2N3O2/c21-14-3-1-4-16(11-14)25-8-2-5-17(25)12-23-24-20(26)19-10-13-9-15(22)6-7-18(13)27-19/h1-12H,(H,24,26)/b23-12+. The van der Waals surface area contributed by atoms with E-state index in [4.69, 9.17) is 4.42 Å². The van der Waals surface area contributed by atoms with E-state index in [2.05, 4.69) is 42.4 Å². The van der Waals surface area contributed by atoms with Gasteiger partial charge in [-0.05, 0) is 54.6 Å². The summed E-state index contributed by atoms with van der Waals surface area (Å²) in [6, 6.07) is 19.0. The van der Waals surface area contributed by atoms with Gasteiger partial charge in [-0.25, -0.2) is 5.43 Å². The fourth-order valence-corrected chi connectivity index (χ4v) is 3.46. The molecule has 2 aromatic carbocycles. The van der Waals surface area contributed by atoms with Crippen molar-refractivity contribution in [1.82, 2.24) is 9.99 Å². The minimum absolute atomic E-state index is 0.211. The molecule has 0 saturated carbocycles. The van der Waals surface area contributed by atoms with E-state index in [0.717, 1.165) is 25.7 Å². The van der Waals surface area contributed by atoms with Crippen LogP contribution in [0.3, 0.4) is 0 Å². The number of nitrogens with one attached hydrogen (secondary N) is 1. The molecule has 0 spiro atoms. The Bertz CT molecular complexity index is 1160. The molecule has 4 aromatic rings. The average Bonchev–Trinajstić information content (AvgIpc) is 3.28. The van der Waals surface area contributed by atoms with Gasteiger partial charge < -0.3 is 8.98 Å². The van der Waals surface area contributed by atoms with Gasteiger partial charge in [0.05, 0.1) is 11.9 Å². The molecule has 7 heteroatoms. The predicted octanol–water partition coefficient (Wildman–Crippen LogP) is 5.51. The van der Waals surface area contributed by atoms with Crippen molar-refractivity contribution >= 4 is 55.0 Å². The quantitative estimate of drug-likeness (QED) is 0.305. The van der Waals surface area contributed by atoms with E-state index in [1.807, 2.05) is 65.4 Å². The van der Waals surface area contributed by atoms with E-state index in [-0.39, 0.29) is 5.76 Å². The Morgan fingerprint density at radius 3 is 2.74 bits per heavy atom. The first kappa shape index (κ1) is 17.8. The van der Waals surface area contributed by atoms with E-state index in [9.17, 15) is 4.79 Å². The largest absolute Gasteiger partial charge is 0.451 e. The molecule has 134 valence electrons. The molecule has 0 fully saturated rings. The van der Waals surface area contributed by atoms with Gasteiger partial charge in [-0.2, -0.15) is 5.10 Å². The monoisotopic (exact) mass is 485 g/mol. The lowest BCUT2D eigenvalue weighted by Gasteiger charge is -2.06. The summed E-state index contributed by atoms with van der Waals surface area (Å²) in [5.41, 5.74) is 4.98. The predicted molar refractivity (Wildman–Crippen MR) is 112 cm³/mol. The molecular weight excluding hydrogens is 474 g/mol. The number of hydrazone groups is 1. The number of amides is 1. The smallest absolute Gasteiger partial charge is 0.307 e. The highest BCUT2D eigenvalue weighted by molar-refractivity contribution is 9.10. The lowest BCUT2D eigenvalue weighted by molar-refractivity contribution is 0.0929. The number of fused-ring (bicyclic) bond motifs is 1. The second kappa shape index (κ2) is 7.54. The summed E-state index contributed by atoms with van der Waals surface area (Å²) in [6.07, 6.45) is 3.53. The van der Waals surface area contributed by atoms with Crippen molar-refractivity contribution in [2.45, 2.75) is 0 Å². The van der Waals surface area contributed by atoms with Crippen LogP contribution >= 0.6 is 31.9 Å². The average molecular weight is 487 g/mol. The first-order valence-corrected chi connectivity index (χ1v) is 9.64. The van der Waals surface area contributed by atoms with Crippen LogP contribution in [0.1, 0.15) is 16.2 Å². The fourth-order valence-electron chi connectivity index (χ4n) is 2.70. The molecule has 27 heavy (non-hydrogen) atoms. The third kappa shape index (κ3) is 3.89.